The normalized spacial score (nSPS) is 20.5. The summed E-state index contributed by atoms with van der Waals surface area (Å²) in [5.41, 5.74) is 9.13. The Morgan fingerprint density at radius 3 is 3.00 bits per heavy atom. The highest BCUT2D eigenvalue weighted by Crippen LogP contribution is 2.30. The van der Waals surface area contributed by atoms with Gasteiger partial charge in [0.15, 0.2) is 0 Å². The Labute approximate surface area is 154 Å². The van der Waals surface area contributed by atoms with E-state index in [0.29, 0.717) is 11.8 Å². The first-order valence-corrected chi connectivity index (χ1v) is 9.80. The van der Waals surface area contributed by atoms with E-state index < -0.39 is 0 Å². The van der Waals surface area contributed by atoms with Crippen LogP contribution in [0.15, 0.2) is 22.6 Å². The number of hydrogen-bond acceptors (Lipinski definition) is 5. The minimum absolute atomic E-state index is 0.270. The van der Waals surface area contributed by atoms with Crippen LogP contribution < -0.4 is 10.5 Å². The number of nitrogens with two attached hydrogens (primary N) is 1. The van der Waals surface area contributed by atoms with Gasteiger partial charge in [0.05, 0.1) is 17.8 Å². The fourth-order valence-corrected chi connectivity index (χ4v) is 4.19. The number of nitrogens with zero attached hydrogens (tertiary/aromatic N) is 2. The lowest BCUT2D eigenvalue weighted by atomic mass is 9.88. The minimum Gasteiger partial charge on any atom is -0.383 e. The Kier molecular flexibility index (Phi) is 5.27. The topological polar surface area (TPSA) is 70.7 Å². The molecule has 0 radical (unpaired) electrons. The first kappa shape index (κ1) is 18.1. The predicted molar refractivity (Wildman–Crippen MR) is 105 cm³/mol. The second-order valence-corrected chi connectivity index (χ2v) is 8.63. The molecule has 0 saturated carbocycles. The van der Waals surface area contributed by atoms with E-state index in [1.54, 1.807) is 0 Å². The lowest BCUT2D eigenvalue weighted by Gasteiger charge is -2.36. The average Bonchev–Trinajstić information content (AvgIpc) is 2.59. The highest BCUT2D eigenvalue weighted by atomic mass is 32.2. The van der Waals surface area contributed by atoms with Crippen molar-refractivity contribution in [3.63, 3.8) is 0 Å². The summed E-state index contributed by atoms with van der Waals surface area (Å²) in [7, 11) is 0. The number of hydrogen-bond donors (Lipinski definition) is 2. The Morgan fingerprint density at radius 2 is 2.24 bits per heavy atom. The number of carbonyl (C=O) groups excluding carboxylic acids is 1. The first-order chi connectivity index (χ1) is 11.9. The maximum atomic E-state index is 12.6. The number of rotatable bonds is 3. The zero-order valence-corrected chi connectivity index (χ0v) is 16.2. The highest BCUT2D eigenvalue weighted by Gasteiger charge is 2.31. The smallest absolute Gasteiger partial charge is 0.227 e. The van der Waals surface area contributed by atoms with Crippen LogP contribution in [0.2, 0.25) is 0 Å². The average molecular weight is 361 g/mol. The molecule has 1 fully saturated rings. The van der Waals surface area contributed by atoms with E-state index in [2.05, 4.69) is 26.2 Å². The predicted octanol–water partition coefficient (Wildman–Crippen LogP) is 3.60. The molecule has 2 aliphatic heterocycles. The van der Waals surface area contributed by atoms with Gasteiger partial charge in [-0.1, -0.05) is 32.9 Å². The van der Waals surface area contributed by atoms with Crippen molar-refractivity contribution in [3.05, 3.63) is 29.3 Å². The lowest BCUT2D eigenvalue weighted by Crippen LogP contribution is -2.45. The van der Waals surface area contributed by atoms with Crippen LogP contribution >= 0.6 is 12.1 Å². The highest BCUT2D eigenvalue weighted by molar-refractivity contribution is 7.99. The van der Waals surface area contributed by atoms with Crippen molar-refractivity contribution in [1.29, 1.82) is 0 Å². The van der Waals surface area contributed by atoms with Crippen molar-refractivity contribution < 1.29 is 4.79 Å². The number of piperidine rings is 1. The lowest BCUT2D eigenvalue weighted by molar-refractivity contribution is -0.141. The van der Waals surface area contributed by atoms with Crippen molar-refractivity contribution >= 4 is 29.6 Å². The SMILES string of the molecule is CC(C)(C)C(=O)N1CCC[C@H](CCc2cccc3c2C(N)=NSN3)C1. The Bertz CT molecular complexity index is 680. The molecular formula is C19H28N4OS. The van der Waals surface area contributed by atoms with Crippen LogP contribution in [0.4, 0.5) is 5.69 Å². The molecule has 5 nitrogen and oxygen atoms in total. The molecule has 3 rings (SSSR count). The molecule has 1 amide bonds. The van der Waals surface area contributed by atoms with Crippen molar-refractivity contribution in [2.24, 2.45) is 21.5 Å². The molecule has 1 aromatic rings. The van der Waals surface area contributed by atoms with E-state index in [0.717, 1.165) is 43.6 Å². The Hall–Kier alpha value is -1.69. The van der Waals surface area contributed by atoms with Crippen LogP contribution in [-0.4, -0.2) is 29.7 Å². The number of amidine groups is 1. The van der Waals surface area contributed by atoms with Crippen LogP contribution in [0, 0.1) is 11.3 Å². The van der Waals surface area contributed by atoms with Crippen LogP contribution in [0.3, 0.4) is 0 Å². The molecule has 1 aromatic carbocycles. The third-order valence-electron chi connectivity index (χ3n) is 4.98. The molecule has 2 heterocycles. The van der Waals surface area contributed by atoms with E-state index in [9.17, 15) is 4.79 Å². The van der Waals surface area contributed by atoms with Gasteiger partial charge in [-0.2, -0.15) is 4.40 Å². The zero-order chi connectivity index (χ0) is 18.0. The molecule has 136 valence electrons. The van der Waals surface area contributed by atoms with Crippen LogP contribution in [0.1, 0.15) is 51.2 Å². The Balaban J connectivity index is 1.65. The molecule has 2 aliphatic rings. The summed E-state index contributed by atoms with van der Waals surface area (Å²) in [6.07, 6.45) is 4.33. The number of likely N-dealkylation sites (tertiary alicyclic amines) is 1. The van der Waals surface area contributed by atoms with Gasteiger partial charge in [-0.3, -0.25) is 4.79 Å². The third kappa shape index (κ3) is 4.11. The fourth-order valence-electron chi connectivity index (χ4n) is 3.68. The molecule has 0 aromatic heterocycles. The van der Waals surface area contributed by atoms with E-state index in [-0.39, 0.29) is 11.3 Å². The quantitative estimate of drug-likeness (QED) is 0.808. The molecule has 3 N–H and O–H groups in total. The molecule has 1 atom stereocenters. The Morgan fingerprint density at radius 1 is 1.44 bits per heavy atom. The van der Waals surface area contributed by atoms with Crippen molar-refractivity contribution in [3.8, 4) is 0 Å². The summed E-state index contributed by atoms with van der Waals surface area (Å²) in [6, 6.07) is 6.24. The van der Waals surface area contributed by atoms with Gasteiger partial charge in [0.2, 0.25) is 5.91 Å². The third-order valence-corrected chi connectivity index (χ3v) is 5.58. The summed E-state index contributed by atoms with van der Waals surface area (Å²) in [5, 5.41) is 0. The summed E-state index contributed by atoms with van der Waals surface area (Å²) >= 11 is 1.28. The number of anilines is 1. The summed E-state index contributed by atoms with van der Waals surface area (Å²) < 4.78 is 7.44. The van der Waals surface area contributed by atoms with Gasteiger partial charge in [0, 0.05) is 24.1 Å². The fraction of sp³-hybridized carbons (Fsp3) is 0.579. The van der Waals surface area contributed by atoms with Gasteiger partial charge < -0.3 is 15.4 Å². The van der Waals surface area contributed by atoms with Gasteiger partial charge in [-0.25, -0.2) is 0 Å². The van der Waals surface area contributed by atoms with Crippen LogP contribution in [0.5, 0.6) is 0 Å². The summed E-state index contributed by atoms with van der Waals surface area (Å²) in [4.78, 5) is 14.6. The van der Waals surface area contributed by atoms with Gasteiger partial charge >= 0.3 is 0 Å². The van der Waals surface area contributed by atoms with E-state index >= 15 is 0 Å². The van der Waals surface area contributed by atoms with Crippen LogP contribution in [0.25, 0.3) is 0 Å². The van der Waals surface area contributed by atoms with Gasteiger partial charge in [0.1, 0.15) is 5.84 Å². The number of benzene rings is 1. The second kappa shape index (κ2) is 7.28. The second-order valence-electron chi connectivity index (χ2n) is 8.06. The number of fused-ring (bicyclic) bond motifs is 1. The maximum Gasteiger partial charge on any atom is 0.227 e. The van der Waals surface area contributed by atoms with Gasteiger partial charge in [-0.05, 0) is 43.2 Å². The van der Waals surface area contributed by atoms with Crippen molar-refractivity contribution in [1.82, 2.24) is 4.90 Å². The van der Waals surface area contributed by atoms with Gasteiger partial charge in [-0.15, -0.1) is 0 Å². The minimum atomic E-state index is -0.297. The number of nitrogens with one attached hydrogen (secondary N) is 1. The summed E-state index contributed by atoms with van der Waals surface area (Å²) in [6.45, 7) is 7.78. The number of aryl methyl sites for hydroxylation is 1. The molecule has 1 saturated heterocycles. The van der Waals surface area contributed by atoms with E-state index in [1.807, 2.05) is 26.8 Å². The molecule has 0 aliphatic carbocycles. The number of carbonyl (C=O) groups is 1. The maximum absolute atomic E-state index is 12.6. The van der Waals surface area contributed by atoms with Gasteiger partial charge in [0.25, 0.3) is 0 Å². The van der Waals surface area contributed by atoms with E-state index in [4.69, 9.17) is 5.73 Å². The largest absolute Gasteiger partial charge is 0.383 e. The molecular weight excluding hydrogens is 332 g/mol. The monoisotopic (exact) mass is 360 g/mol. The molecule has 6 heteroatoms. The molecule has 0 bridgehead atoms. The zero-order valence-electron chi connectivity index (χ0n) is 15.3. The van der Waals surface area contributed by atoms with E-state index in [1.165, 1.54) is 24.1 Å². The first-order valence-electron chi connectivity index (χ1n) is 9.03. The summed E-state index contributed by atoms with van der Waals surface area (Å²) in [5.74, 6) is 1.43. The number of amides is 1. The molecule has 0 unspecified atom stereocenters. The standard InChI is InChI=1S/C19H28N4OS/c1-19(2,3)18(24)23-11-5-6-13(12-23)9-10-14-7-4-8-15-16(14)17(20)22-25-21-15/h4,7-8,13,21H,5-6,9-12H2,1-3H3,(H2,20,22)/t13-/m1/s1. The molecule has 0 spiro atoms. The van der Waals surface area contributed by atoms with Crippen molar-refractivity contribution in [2.75, 3.05) is 17.8 Å². The van der Waals surface area contributed by atoms with Crippen molar-refractivity contribution in [2.45, 2.75) is 46.5 Å². The van der Waals surface area contributed by atoms with Crippen LogP contribution in [-0.2, 0) is 11.2 Å². The molecule has 25 heavy (non-hydrogen) atoms.